The number of hydrogen-bond acceptors (Lipinski definition) is 4. The first-order valence-electron chi connectivity index (χ1n) is 3.27. The van der Waals surface area contributed by atoms with Crippen LogP contribution in [0.15, 0.2) is 0 Å². The predicted octanol–water partition coefficient (Wildman–Crippen LogP) is 0.540. The van der Waals surface area contributed by atoms with Gasteiger partial charge in [0.2, 0.25) is 0 Å². The van der Waals surface area contributed by atoms with Crippen molar-refractivity contribution in [3.8, 4) is 0 Å². The highest BCUT2D eigenvalue weighted by atomic mass is 16.8. The lowest BCUT2D eigenvalue weighted by Gasteiger charge is -1.96. The zero-order chi connectivity index (χ0) is 7.98. The highest BCUT2D eigenvalue weighted by Gasteiger charge is 2.23. The minimum absolute atomic E-state index is 0.161. The fourth-order valence-corrected chi connectivity index (χ4v) is 0.455. The van der Waals surface area contributed by atoms with E-state index in [2.05, 4.69) is 9.47 Å². The minimum Gasteiger partial charge on any atom is -0.430 e. The van der Waals surface area contributed by atoms with Crippen molar-refractivity contribution in [1.82, 2.24) is 0 Å². The van der Waals surface area contributed by atoms with Crippen molar-refractivity contribution in [1.29, 1.82) is 0 Å². The van der Waals surface area contributed by atoms with Crippen molar-refractivity contribution >= 4 is 6.16 Å². The molecule has 0 aromatic rings. The number of carbonyl (C=O) groups excluding carboxylic acids is 1. The molecule has 1 heterocycles. The third kappa shape index (κ3) is 2.68. The van der Waals surface area contributed by atoms with Gasteiger partial charge in [-0.1, -0.05) is 13.8 Å². The second-order valence-electron chi connectivity index (χ2n) is 1.48. The lowest BCUT2D eigenvalue weighted by molar-refractivity contribution is 0.0919. The monoisotopic (exact) mass is 148 g/mol. The summed E-state index contributed by atoms with van der Waals surface area (Å²) in [5.74, 6) is 0. The van der Waals surface area contributed by atoms with Crippen LogP contribution in [0.4, 0.5) is 4.79 Å². The Labute approximate surface area is 59.7 Å². The summed E-state index contributed by atoms with van der Waals surface area (Å²) < 4.78 is 8.73. The zero-order valence-electron chi connectivity index (χ0n) is 6.16. The van der Waals surface area contributed by atoms with E-state index >= 15 is 0 Å². The highest BCUT2D eigenvalue weighted by molar-refractivity contribution is 5.61. The van der Waals surface area contributed by atoms with Crippen LogP contribution in [-0.2, 0) is 9.47 Å². The van der Waals surface area contributed by atoms with E-state index in [0.717, 1.165) is 0 Å². The first kappa shape index (κ1) is 9.23. The van der Waals surface area contributed by atoms with Crippen molar-refractivity contribution in [3.63, 3.8) is 0 Å². The maximum atomic E-state index is 10.1. The second-order valence-corrected chi connectivity index (χ2v) is 1.48. The van der Waals surface area contributed by atoms with Crippen LogP contribution in [0.2, 0.25) is 0 Å². The van der Waals surface area contributed by atoms with Gasteiger partial charge in [0.05, 0.1) is 6.61 Å². The van der Waals surface area contributed by atoms with Gasteiger partial charge in [-0.15, -0.1) is 0 Å². The smallest absolute Gasteiger partial charge is 0.430 e. The summed E-state index contributed by atoms with van der Waals surface area (Å²) in [6, 6.07) is 0. The van der Waals surface area contributed by atoms with Crippen LogP contribution in [0.25, 0.3) is 0 Å². The highest BCUT2D eigenvalue weighted by Crippen LogP contribution is 2.03. The van der Waals surface area contributed by atoms with Crippen LogP contribution < -0.4 is 0 Å². The number of aliphatic hydroxyl groups excluding tert-OH is 1. The van der Waals surface area contributed by atoms with E-state index in [1.807, 2.05) is 13.8 Å². The van der Waals surface area contributed by atoms with Gasteiger partial charge in [0.25, 0.3) is 0 Å². The van der Waals surface area contributed by atoms with Crippen molar-refractivity contribution < 1.29 is 19.4 Å². The number of ether oxygens (including phenoxy) is 2. The lowest BCUT2D eigenvalue weighted by atomic mass is 10.4. The molecule has 0 spiro atoms. The molecule has 60 valence electrons. The quantitative estimate of drug-likeness (QED) is 0.551. The van der Waals surface area contributed by atoms with Crippen LogP contribution in [0.3, 0.4) is 0 Å². The Morgan fingerprint density at radius 1 is 1.70 bits per heavy atom. The molecule has 4 heteroatoms. The Hall–Kier alpha value is -0.770. The molecule has 1 saturated heterocycles. The van der Waals surface area contributed by atoms with Crippen LogP contribution in [0.5, 0.6) is 0 Å². The van der Waals surface area contributed by atoms with E-state index in [-0.39, 0.29) is 13.2 Å². The topological polar surface area (TPSA) is 55.8 Å². The molecule has 1 aliphatic heterocycles. The van der Waals surface area contributed by atoms with E-state index < -0.39 is 12.3 Å². The molecule has 1 atom stereocenters. The lowest BCUT2D eigenvalue weighted by Crippen LogP contribution is -2.14. The molecule has 0 aromatic carbocycles. The van der Waals surface area contributed by atoms with Crippen LogP contribution in [0, 0.1) is 0 Å². The van der Waals surface area contributed by atoms with Crippen molar-refractivity contribution in [2.45, 2.75) is 20.0 Å². The second kappa shape index (κ2) is 5.05. The molecule has 0 bridgehead atoms. The summed E-state index contributed by atoms with van der Waals surface area (Å²) in [5, 5.41) is 8.33. The zero-order valence-corrected chi connectivity index (χ0v) is 6.16. The summed E-state index contributed by atoms with van der Waals surface area (Å²) >= 11 is 0. The Bertz CT molecular complexity index is 102. The number of aliphatic hydroxyl groups is 1. The molecule has 0 radical (unpaired) electrons. The molecule has 4 nitrogen and oxygen atoms in total. The molecule has 10 heavy (non-hydrogen) atoms. The van der Waals surface area contributed by atoms with Gasteiger partial charge < -0.3 is 14.6 Å². The molecule has 1 rings (SSSR count). The van der Waals surface area contributed by atoms with Gasteiger partial charge in [0, 0.05) is 0 Å². The van der Waals surface area contributed by atoms with E-state index in [4.69, 9.17) is 5.11 Å². The summed E-state index contributed by atoms with van der Waals surface area (Å²) in [6.07, 6.45) is -1.13. The molecule has 1 N–H and O–H groups in total. The molecular weight excluding hydrogens is 136 g/mol. The Morgan fingerprint density at radius 3 is 2.50 bits per heavy atom. The van der Waals surface area contributed by atoms with Gasteiger partial charge in [0.15, 0.2) is 6.10 Å². The van der Waals surface area contributed by atoms with Crippen molar-refractivity contribution in [2.24, 2.45) is 0 Å². The van der Waals surface area contributed by atoms with Crippen LogP contribution in [-0.4, -0.2) is 30.6 Å². The molecule has 1 aliphatic rings. The number of hydrogen-bond donors (Lipinski definition) is 1. The largest absolute Gasteiger partial charge is 0.508 e. The summed E-state index contributed by atoms with van der Waals surface area (Å²) in [7, 11) is 0. The third-order valence-electron chi connectivity index (χ3n) is 0.854. The maximum Gasteiger partial charge on any atom is 0.508 e. The van der Waals surface area contributed by atoms with Gasteiger partial charge in [0.1, 0.15) is 6.61 Å². The number of carbonyl (C=O) groups is 1. The van der Waals surface area contributed by atoms with E-state index in [1.165, 1.54) is 0 Å². The fraction of sp³-hybridized carbons (Fsp3) is 0.833. The normalized spacial score (nSPS) is 22.3. The van der Waals surface area contributed by atoms with Gasteiger partial charge >= 0.3 is 6.16 Å². The molecule has 1 fully saturated rings. The third-order valence-corrected chi connectivity index (χ3v) is 0.854. The van der Waals surface area contributed by atoms with Gasteiger partial charge in [-0.25, -0.2) is 4.79 Å². The van der Waals surface area contributed by atoms with Crippen molar-refractivity contribution in [2.75, 3.05) is 13.2 Å². The summed E-state index contributed by atoms with van der Waals surface area (Å²) in [4.78, 5) is 10.1. The number of rotatable bonds is 1. The van der Waals surface area contributed by atoms with Gasteiger partial charge in [-0.2, -0.15) is 0 Å². The predicted molar refractivity (Wildman–Crippen MR) is 34.7 cm³/mol. The molecular formula is C6H12O4. The van der Waals surface area contributed by atoms with E-state index in [0.29, 0.717) is 0 Å². The average Bonchev–Trinajstić information content (AvgIpc) is 2.40. The standard InChI is InChI=1S/C4H6O4.C2H6/c5-1-3-2-7-4(6)8-3;1-2/h3,5H,1-2H2;1-2H3. The first-order valence-corrected chi connectivity index (χ1v) is 3.27. The SMILES string of the molecule is CC.O=C1OCC(CO)O1. The van der Waals surface area contributed by atoms with Gasteiger partial charge in [-0.3, -0.25) is 0 Å². The number of cyclic esters (lactones) is 2. The van der Waals surface area contributed by atoms with Gasteiger partial charge in [-0.05, 0) is 0 Å². The Kier molecular flexibility index (Phi) is 4.66. The molecule has 0 saturated carbocycles. The fourth-order valence-electron chi connectivity index (χ4n) is 0.455. The summed E-state index contributed by atoms with van der Waals surface area (Å²) in [6.45, 7) is 4.01. The van der Waals surface area contributed by atoms with Crippen LogP contribution >= 0.6 is 0 Å². The average molecular weight is 148 g/mol. The summed E-state index contributed by atoms with van der Waals surface area (Å²) in [5.41, 5.74) is 0. The Balaban J connectivity index is 0.000000371. The molecule has 0 aliphatic carbocycles. The molecule has 0 aromatic heterocycles. The van der Waals surface area contributed by atoms with E-state index in [1.54, 1.807) is 0 Å². The van der Waals surface area contributed by atoms with Crippen molar-refractivity contribution in [3.05, 3.63) is 0 Å². The first-order chi connectivity index (χ1) is 4.83. The van der Waals surface area contributed by atoms with Crippen LogP contribution in [0.1, 0.15) is 13.8 Å². The Morgan fingerprint density at radius 2 is 2.30 bits per heavy atom. The molecule has 1 unspecified atom stereocenters. The minimum atomic E-state index is -0.691. The molecule has 0 amide bonds. The maximum absolute atomic E-state index is 10.1. The van der Waals surface area contributed by atoms with E-state index in [9.17, 15) is 4.79 Å².